The molecular weight excluding hydrogens is 392 g/mol. The van der Waals surface area contributed by atoms with Gasteiger partial charge in [0.05, 0.1) is 11.1 Å². The summed E-state index contributed by atoms with van der Waals surface area (Å²) in [4.78, 5) is 38.1. The number of nitrogens with zero attached hydrogens (tertiary/aromatic N) is 1. The van der Waals surface area contributed by atoms with Crippen molar-refractivity contribution in [3.63, 3.8) is 0 Å². The molecule has 0 bridgehead atoms. The lowest BCUT2D eigenvalue weighted by atomic mass is 9.74. The number of nitrogens with one attached hydrogen (secondary N) is 1. The molecule has 2 aromatic carbocycles. The van der Waals surface area contributed by atoms with Crippen molar-refractivity contribution in [3.8, 4) is 0 Å². The lowest BCUT2D eigenvalue weighted by Crippen LogP contribution is -2.44. The number of carbonyl (C=O) groups is 3. The molecule has 2 aromatic rings. The molecular formula is C22H21ClN2O4. The lowest BCUT2D eigenvalue weighted by molar-refractivity contribution is 0.0487. The number of ether oxygens (including phenoxy) is 1. The average molecular weight is 413 g/mol. The first kappa shape index (κ1) is 19.6. The van der Waals surface area contributed by atoms with E-state index in [1.807, 2.05) is 24.3 Å². The summed E-state index contributed by atoms with van der Waals surface area (Å²) in [6.45, 7) is 1.70. The van der Waals surface area contributed by atoms with E-state index in [2.05, 4.69) is 5.32 Å². The van der Waals surface area contributed by atoms with Gasteiger partial charge in [-0.15, -0.1) is 0 Å². The van der Waals surface area contributed by atoms with Crippen LogP contribution in [-0.4, -0.2) is 49.4 Å². The van der Waals surface area contributed by atoms with Crippen molar-refractivity contribution >= 4 is 29.3 Å². The van der Waals surface area contributed by atoms with Gasteiger partial charge >= 0.3 is 0 Å². The number of carbonyl (C=O) groups excluding carboxylic acids is 3. The third kappa shape index (κ3) is 3.54. The summed E-state index contributed by atoms with van der Waals surface area (Å²) in [5, 5.41) is 3.68. The van der Waals surface area contributed by atoms with Gasteiger partial charge in [-0.2, -0.15) is 0 Å². The minimum Gasteiger partial charge on any atom is -0.381 e. The monoisotopic (exact) mass is 412 g/mol. The van der Waals surface area contributed by atoms with Gasteiger partial charge < -0.3 is 10.1 Å². The van der Waals surface area contributed by atoms with Gasteiger partial charge in [0.15, 0.2) is 0 Å². The Bertz CT molecular complexity index is 981. The van der Waals surface area contributed by atoms with Gasteiger partial charge in [0.1, 0.15) is 0 Å². The van der Waals surface area contributed by atoms with Gasteiger partial charge in [-0.3, -0.25) is 19.3 Å². The Hall–Kier alpha value is -2.70. The minimum atomic E-state index is -0.387. The van der Waals surface area contributed by atoms with E-state index in [-0.39, 0.29) is 28.7 Å². The highest BCUT2D eigenvalue weighted by Crippen LogP contribution is 2.35. The molecule has 0 saturated carbocycles. The third-order valence-electron chi connectivity index (χ3n) is 5.85. The highest BCUT2D eigenvalue weighted by molar-refractivity contribution is 6.30. The Labute approximate surface area is 173 Å². The summed E-state index contributed by atoms with van der Waals surface area (Å²) in [7, 11) is 1.44. The number of amides is 3. The fraction of sp³-hybridized carbons (Fsp3) is 0.318. The molecule has 2 aliphatic heterocycles. The van der Waals surface area contributed by atoms with Gasteiger partial charge in [0.25, 0.3) is 17.7 Å². The van der Waals surface area contributed by atoms with Crippen LogP contribution in [0.25, 0.3) is 0 Å². The molecule has 0 aromatic heterocycles. The average Bonchev–Trinajstić information content (AvgIpc) is 2.97. The SMILES string of the molecule is CN1C(=O)c2ccc(C(=O)NCC3(c4ccc(Cl)cc4)CCOCC3)cc2C1=O. The van der Waals surface area contributed by atoms with E-state index in [1.54, 1.807) is 6.07 Å². The molecule has 0 atom stereocenters. The molecule has 4 rings (SSSR count). The van der Waals surface area contributed by atoms with Crippen molar-refractivity contribution in [2.24, 2.45) is 0 Å². The zero-order valence-electron chi connectivity index (χ0n) is 16.0. The van der Waals surface area contributed by atoms with Crippen molar-refractivity contribution in [1.29, 1.82) is 0 Å². The normalized spacial score (nSPS) is 17.9. The Balaban J connectivity index is 1.54. The first-order valence-corrected chi connectivity index (χ1v) is 9.87. The molecule has 3 amide bonds. The highest BCUT2D eigenvalue weighted by atomic mass is 35.5. The summed E-state index contributed by atoms with van der Waals surface area (Å²) >= 11 is 6.03. The predicted molar refractivity (Wildman–Crippen MR) is 108 cm³/mol. The quantitative estimate of drug-likeness (QED) is 0.783. The van der Waals surface area contributed by atoms with Crippen LogP contribution in [0.1, 0.15) is 49.5 Å². The first-order chi connectivity index (χ1) is 13.9. The zero-order chi connectivity index (χ0) is 20.6. The van der Waals surface area contributed by atoms with E-state index in [1.165, 1.54) is 19.2 Å². The molecule has 150 valence electrons. The van der Waals surface area contributed by atoms with Crippen molar-refractivity contribution in [2.75, 3.05) is 26.8 Å². The number of imide groups is 1. The van der Waals surface area contributed by atoms with E-state index in [0.717, 1.165) is 23.3 Å². The van der Waals surface area contributed by atoms with Crippen LogP contribution in [0.3, 0.4) is 0 Å². The largest absolute Gasteiger partial charge is 0.381 e. The number of hydrogen-bond donors (Lipinski definition) is 1. The van der Waals surface area contributed by atoms with Gasteiger partial charge in [-0.25, -0.2) is 0 Å². The third-order valence-corrected chi connectivity index (χ3v) is 6.10. The number of hydrogen-bond acceptors (Lipinski definition) is 4. The van der Waals surface area contributed by atoms with Crippen LogP contribution >= 0.6 is 11.6 Å². The molecule has 0 spiro atoms. The Morgan fingerprint density at radius 3 is 2.41 bits per heavy atom. The van der Waals surface area contributed by atoms with Gasteiger partial charge in [-0.05, 0) is 48.7 Å². The molecule has 7 heteroatoms. The van der Waals surface area contributed by atoms with Crippen LogP contribution in [0, 0.1) is 0 Å². The maximum atomic E-state index is 12.8. The zero-order valence-corrected chi connectivity index (χ0v) is 16.8. The van der Waals surface area contributed by atoms with Gasteiger partial charge in [0, 0.05) is 42.8 Å². The summed E-state index contributed by atoms with van der Waals surface area (Å²) in [5.74, 6) is -1.01. The number of benzene rings is 2. The molecule has 1 fully saturated rings. The van der Waals surface area contributed by atoms with E-state index >= 15 is 0 Å². The fourth-order valence-electron chi connectivity index (χ4n) is 3.99. The number of fused-ring (bicyclic) bond motifs is 1. The van der Waals surface area contributed by atoms with Crippen LogP contribution in [0.15, 0.2) is 42.5 Å². The first-order valence-electron chi connectivity index (χ1n) is 9.50. The second-order valence-electron chi connectivity index (χ2n) is 7.51. The highest BCUT2D eigenvalue weighted by Gasteiger charge is 2.36. The van der Waals surface area contributed by atoms with E-state index in [4.69, 9.17) is 16.3 Å². The smallest absolute Gasteiger partial charge is 0.261 e. The fourth-order valence-corrected chi connectivity index (χ4v) is 4.11. The number of halogens is 1. The number of rotatable bonds is 4. The molecule has 2 heterocycles. The summed E-state index contributed by atoms with van der Waals surface area (Å²) in [6, 6.07) is 12.3. The van der Waals surface area contributed by atoms with Gasteiger partial charge in [-0.1, -0.05) is 23.7 Å². The second-order valence-corrected chi connectivity index (χ2v) is 7.95. The van der Waals surface area contributed by atoms with E-state index in [9.17, 15) is 14.4 Å². The molecule has 0 aliphatic carbocycles. The topological polar surface area (TPSA) is 75.7 Å². The van der Waals surface area contributed by atoms with Crippen molar-refractivity contribution in [3.05, 3.63) is 69.7 Å². The maximum absolute atomic E-state index is 12.8. The summed E-state index contributed by atoms with van der Waals surface area (Å²) in [6.07, 6.45) is 1.58. The molecule has 29 heavy (non-hydrogen) atoms. The maximum Gasteiger partial charge on any atom is 0.261 e. The second kappa shape index (κ2) is 7.61. The van der Waals surface area contributed by atoms with E-state index < -0.39 is 0 Å². The molecule has 6 nitrogen and oxygen atoms in total. The van der Waals surface area contributed by atoms with Crippen molar-refractivity contribution < 1.29 is 19.1 Å². The van der Waals surface area contributed by atoms with Crippen LogP contribution < -0.4 is 5.32 Å². The van der Waals surface area contributed by atoms with Crippen LogP contribution in [0.5, 0.6) is 0 Å². The van der Waals surface area contributed by atoms with Crippen molar-refractivity contribution in [1.82, 2.24) is 10.2 Å². The predicted octanol–water partition coefficient (Wildman–Crippen LogP) is 3.04. The Morgan fingerprint density at radius 1 is 1.07 bits per heavy atom. The van der Waals surface area contributed by atoms with Crippen molar-refractivity contribution in [2.45, 2.75) is 18.3 Å². The van der Waals surface area contributed by atoms with Gasteiger partial charge in [0.2, 0.25) is 0 Å². The van der Waals surface area contributed by atoms with Crippen LogP contribution in [0.4, 0.5) is 0 Å². The minimum absolute atomic E-state index is 0.235. The molecule has 1 saturated heterocycles. The van der Waals surface area contributed by atoms with Crippen LogP contribution in [0.2, 0.25) is 5.02 Å². The lowest BCUT2D eigenvalue weighted by Gasteiger charge is -2.38. The standard InChI is InChI=1S/C22H21ClN2O4/c1-25-20(27)17-7-2-14(12-18(17)21(25)28)19(26)24-13-22(8-10-29-11-9-22)15-3-5-16(23)6-4-15/h2-7,12H,8-11,13H2,1H3,(H,24,26). The van der Waals surface area contributed by atoms with Crippen LogP contribution in [-0.2, 0) is 10.2 Å². The summed E-state index contributed by atoms with van der Waals surface area (Å²) in [5.41, 5.74) is 1.83. The molecule has 0 unspecified atom stereocenters. The Morgan fingerprint density at radius 2 is 1.72 bits per heavy atom. The molecule has 2 aliphatic rings. The van der Waals surface area contributed by atoms with E-state index in [0.29, 0.717) is 35.9 Å². The summed E-state index contributed by atoms with van der Waals surface area (Å²) < 4.78 is 5.53. The Kier molecular flexibility index (Phi) is 5.15. The molecule has 0 radical (unpaired) electrons. The molecule has 1 N–H and O–H groups in total.